The normalized spacial score (nSPS) is 11.2. The van der Waals surface area contributed by atoms with Crippen LogP contribution in [0.2, 0.25) is 0 Å². The summed E-state index contributed by atoms with van der Waals surface area (Å²) in [6.07, 6.45) is 2.60. The van der Waals surface area contributed by atoms with Crippen LogP contribution in [-0.2, 0) is 6.42 Å². The molecule has 0 radical (unpaired) electrons. The number of anilines is 3. The van der Waals surface area contributed by atoms with Crippen LogP contribution in [-0.4, -0.2) is 6.54 Å². The van der Waals surface area contributed by atoms with E-state index in [1.807, 2.05) is 12.1 Å². The molecule has 0 aromatic heterocycles. The minimum Gasteiger partial charge on any atom is -0.403 e. The largest absolute Gasteiger partial charge is 0.403 e. The second-order valence-electron chi connectivity index (χ2n) is 7.80. The smallest absolute Gasteiger partial charge is 0.0571 e. The Bertz CT molecular complexity index is 1090. The van der Waals surface area contributed by atoms with Crippen LogP contribution in [0.1, 0.15) is 16.7 Å². The zero-order valence-corrected chi connectivity index (χ0v) is 18.4. The van der Waals surface area contributed by atoms with Gasteiger partial charge in [-0.25, -0.2) is 0 Å². The Hall–Kier alpha value is -3.98. The summed E-state index contributed by atoms with van der Waals surface area (Å²) in [6, 6.07) is 38.0. The van der Waals surface area contributed by atoms with Crippen LogP contribution < -0.4 is 16.0 Å². The molecule has 32 heavy (non-hydrogen) atoms. The third kappa shape index (κ3) is 5.19. The van der Waals surface area contributed by atoms with Gasteiger partial charge in [-0.15, -0.1) is 0 Å². The Morgan fingerprint density at radius 3 is 1.78 bits per heavy atom. The van der Waals surface area contributed by atoms with Crippen molar-refractivity contribution >= 4 is 22.8 Å². The second kappa shape index (κ2) is 10.4. The van der Waals surface area contributed by atoms with Crippen molar-refractivity contribution < 1.29 is 0 Å². The van der Waals surface area contributed by atoms with E-state index in [2.05, 4.69) is 114 Å². The maximum absolute atomic E-state index is 5.95. The minimum atomic E-state index is 0.827. The zero-order chi connectivity index (χ0) is 22.2. The number of nitrogens with zero attached hydrogens (tertiary/aromatic N) is 1. The summed E-state index contributed by atoms with van der Waals surface area (Å²) < 4.78 is 0. The van der Waals surface area contributed by atoms with Crippen molar-refractivity contribution in [2.45, 2.75) is 13.3 Å². The minimum absolute atomic E-state index is 0.827. The van der Waals surface area contributed by atoms with Crippen LogP contribution in [0.3, 0.4) is 0 Å². The van der Waals surface area contributed by atoms with Crippen molar-refractivity contribution in [3.05, 3.63) is 132 Å². The lowest BCUT2D eigenvalue weighted by Crippen LogP contribution is -2.17. The van der Waals surface area contributed by atoms with E-state index in [0.29, 0.717) is 0 Å². The summed E-state index contributed by atoms with van der Waals surface area (Å²) in [4.78, 5) is 2.25. The zero-order valence-electron chi connectivity index (χ0n) is 18.4. The van der Waals surface area contributed by atoms with Gasteiger partial charge in [0.15, 0.2) is 0 Å². The van der Waals surface area contributed by atoms with Crippen molar-refractivity contribution in [2.24, 2.45) is 5.73 Å². The molecule has 0 atom stereocenters. The first-order valence-corrected chi connectivity index (χ1v) is 11.0. The molecule has 0 heterocycles. The molecule has 0 fully saturated rings. The first-order valence-electron chi connectivity index (χ1n) is 11.0. The Morgan fingerprint density at radius 1 is 0.719 bits per heavy atom. The van der Waals surface area contributed by atoms with Gasteiger partial charge in [-0.1, -0.05) is 78.4 Å². The number of rotatable bonds is 8. The monoisotopic (exact) mass is 419 g/mol. The summed E-state index contributed by atoms with van der Waals surface area (Å²) in [5.41, 5.74) is 13.9. The standard InChI is InChI=1S/C29H29N3/c1-23-12-14-24(15-13-23)20-21-31-29(22-30)25-16-18-28(19-17-25)32(26-8-4-2-5-9-26)27-10-6-3-7-11-27/h2-19,22,31H,20-21,30H2,1H3/b29-22-. The van der Waals surface area contributed by atoms with Crippen LogP contribution >= 0.6 is 0 Å². The van der Waals surface area contributed by atoms with E-state index in [4.69, 9.17) is 5.73 Å². The fourth-order valence-electron chi connectivity index (χ4n) is 3.74. The fourth-order valence-corrected chi connectivity index (χ4v) is 3.74. The SMILES string of the molecule is Cc1ccc(CCN/C(=C\N)c2ccc(N(c3ccccc3)c3ccccc3)cc2)cc1. The van der Waals surface area contributed by atoms with Gasteiger partial charge in [0.05, 0.1) is 5.70 Å². The molecule has 0 spiro atoms. The highest BCUT2D eigenvalue weighted by Crippen LogP contribution is 2.34. The molecule has 0 aliphatic heterocycles. The number of hydrogen-bond acceptors (Lipinski definition) is 3. The van der Waals surface area contributed by atoms with E-state index in [1.165, 1.54) is 11.1 Å². The molecule has 0 amide bonds. The molecular weight excluding hydrogens is 390 g/mol. The van der Waals surface area contributed by atoms with Gasteiger partial charge >= 0.3 is 0 Å². The summed E-state index contributed by atoms with van der Waals surface area (Å²) >= 11 is 0. The molecule has 3 heteroatoms. The highest BCUT2D eigenvalue weighted by molar-refractivity contribution is 5.77. The summed E-state index contributed by atoms with van der Waals surface area (Å²) in [6.45, 7) is 2.94. The number of nitrogens with one attached hydrogen (secondary N) is 1. The van der Waals surface area contributed by atoms with E-state index in [0.717, 1.165) is 41.3 Å². The number of hydrogen-bond donors (Lipinski definition) is 2. The van der Waals surface area contributed by atoms with E-state index in [1.54, 1.807) is 6.20 Å². The van der Waals surface area contributed by atoms with Gasteiger partial charge in [-0.05, 0) is 60.9 Å². The molecule has 0 saturated carbocycles. The number of nitrogens with two attached hydrogens (primary N) is 1. The van der Waals surface area contributed by atoms with Crippen LogP contribution in [0.5, 0.6) is 0 Å². The Balaban J connectivity index is 1.50. The van der Waals surface area contributed by atoms with Gasteiger partial charge in [0.1, 0.15) is 0 Å². The molecule has 4 aromatic carbocycles. The molecule has 0 saturated heterocycles. The molecule has 4 rings (SSSR count). The van der Waals surface area contributed by atoms with Crippen molar-refractivity contribution in [3.8, 4) is 0 Å². The van der Waals surface area contributed by atoms with Gasteiger partial charge in [-0.2, -0.15) is 0 Å². The van der Waals surface area contributed by atoms with Gasteiger partial charge < -0.3 is 16.0 Å². The van der Waals surface area contributed by atoms with Gasteiger partial charge in [-0.3, -0.25) is 0 Å². The Labute approximate surface area is 190 Å². The molecule has 0 bridgehead atoms. The lowest BCUT2D eigenvalue weighted by Gasteiger charge is -2.25. The Morgan fingerprint density at radius 2 is 1.25 bits per heavy atom. The molecule has 0 aliphatic rings. The molecule has 0 aliphatic carbocycles. The van der Waals surface area contributed by atoms with Gasteiger partial charge in [0, 0.05) is 29.8 Å². The van der Waals surface area contributed by atoms with E-state index >= 15 is 0 Å². The van der Waals surface area contributed by atoms with Gasteiger partial charge in [0.2, 0.25) is 0 Å². The average molecular weight is 420 g/mol. The first-order chi connectivity index (χ1) is 15.7. The molecule has 4 aromatic rings. The maximum Gasteiger partial charge on any atom is 0.0571 e. The molecule has 160 valence electrons. The predicted octanol–water partition coefficient (Wildman–Crippen LogP) is 6.55. The maximum atomic E-state index is 5.95. The lowest BCUT2D eigenvalue weighted by atomic mass is 10.1. The summed E-state index contributed by atoms with van der Waals surface area (Å²) in [7, 11) is 0. The van der Waals surface area contributed by atoms with Crippen LogP contribution in [0.4, 0.5) is 17.1 Å². The summed E-state index contributed by atoms with van der Waals surface area (Å²) in [5, 5.41) is 3.48. The quantitative estimate of drug-likeness (QED) is 0.340. The predicted molar refractivity (Wildman–Crippen MR) is 136 cm³/mol. The van der Waals surface area contributed by atoms with Crippen molar-refractivity contribution in [3.63, 3.8) is 0 Å². The highest BCUT2D eigenvalue weighted by Gasteiger charge is 2.12. The molecule has 3 nitrogen and oxygen atoms in total. The lowest BCUT2D eigenvalue weighted by molar-refractivity contribution is 0.846. The topological polar surface area (TPSA) is 41.3 Å². The van der Waals surface area contributed by atoms with Crippen LogP contribution in [0.25, 0.3) is 5.70 Å². The third-order valence-electron chi connectivity index (χ3n) is 5.48. The van der Waals surface area contributed by atoms with E-state index in [9.17, 15) is 0 Å². The van der Waals surface area contributed by atoms with Gasteiger partial charge in [0.25, 0.3) is 0 Å². The second-order valence-corrected chi connectivity index (χ2v) is 7.80. The fraction of sp³-hybridized carbons (Fsp3) is 0.103. The van der Waals surface area contributed by atoms with Crippen molar-refractivity contribution in [1.29, 1.82) is 0 Å². The van der Waals surface area contributed by atoms with Crippen molar-refractivity contribution in [2.75, 3.05) is 11.4 Å². The number of benzene rings is 4. The number of para-hydroxylation sites is 2. The summed E-state index contributed by atoms with van der Waals surface area (Å²) in [5.74, 6) is 0. The Kier molecular flexibility index (Phi) is 6.88. The van der Waals surface area contributed by atoms with E-state index in [-0.39, 0.29) is 0 Å². The van der Waals surface area contributed by atoms with E-state index < -0.39 is 0 Å². The molecular formula is C29H29N3. The third-order valence-corrected chi connectivity index (χ3v) is 5.48. The van der Waals surface area contributed by atoms with Crippen LogP contribution in [0, 0.1) is 6.92 Å². The first kappa shape index (κ1) is 21.3. The average Bonchev–Trinajstić information content (AvgIpc) is 2.85. The number of aryl methyl sites for hydroxylation is 1. The highest BCUT2D eigenvalue weighted by atomic mass is 15.1. The molecule has 3 N–H and O–H groups in total. The van der Waals surface area contributed by atoms with Crippen molar-refractivity contribution in [1.82, 2.24) is 5.32 Å². The molecule has 0 unspecified atom stereocenters. The van der Waals surface area contributed by atoms with Crippen LogP contribution in [0.15, 0.2) is 115 Å².